The Morgan fingerprint density at radius 3 is 1.90 bits per heavy atom. The topological polar surface area (TPSA) is 46.3 Å². The Hall–Kier alpha value is -7.21. The van der Waals surface area contributed by atoms with Gasteiger partial charge in [-0.25, -0.2) is 4.99 Å². The fraction of sp³-hybridized carbons (Fsp3) is 0.0755. The predicted molar refractivity (Wildman–Crippen MR) is 241 cm³/mol. The molecular weight excluding hydrogens is 707 g/mol. The second kappa shape index (κ2) is 13.2. The molecule has 2 aromatic heterocycles. The van der Waals surface area contributed by atoms with Gasteiger partial charge in [-0.2, -0.15) is 0 Å². The SMILES string of the molecule is C1=Cc2c(n(-c3ccc(C4NC(c5ccc6ccccc6c5)=NC(c5ccccc5)N4)cc3)c3cc4ccccc4cc23)C(n2c3ccccc3c3ccccc32)C1. The number of hydrogen-bond acceptors (Lipinski definition) is 3. The first kappa shape index (κ1) is 33.0. The van der Waals surface area contributed by atoms with E-state index in [2.05, 4.69) is 214 Å². The third-order valence-corrected chi connectivity index (χ3v) is 12.3. The van der Waals surface area contributed by atoms with Crippen LogP contribution in [0.5, 0.6) is 0 Å². The van der Waals surface area contributed by atoms with Gasteiger partial charge in [0.2, 0.25) is 0 Å². The van der Waals surface area contributed by atoms with Gasteiger partial charge in [0.1, 0.15) is 18.2 Å². The molecule has 2 N–H and O–H groups in total. The first-order valence-electron chi connectivity index (χ1n) is 20.2. The molecule has 5 heteroatoms. The van der Waals surface area contributed by atoms with Crippen LogP contribution in [0, 0.1) is 0 Å². The number of aliphatic imine (C=N–C) groups is 1. The highest BCUT2D eigenvalue weighted by molar-refractivity contribution is 6.09. The number of para-hydroxylation sites is 2. The minimum Gasteiger partial charge on any atom is -0.350 e. The third-order valence-electron chi connectivity index (χ3n) is 12.3. The molecule has 0 amide bonds. The van der Waals surface area contributed by atoms with Crippen molar-refractivity contribution in [3.63, 3.8) is 0 Å². The van der Waals surface area contributed by atoms with Gasteiger partial charge in [-0.1, -0.05) is 152 Å². The number of aromatic nitrogens is 2. The maximum Gasteiger partial charge on any atom is 0.131 e. The highest BCUT2D eigenvalue weighted by Crippen LogP contribution is 2.45. The van der Waals surface area contributed by atoms with Crippen molar-refractivity contribution >= 4 is 66.2 Å². The van der Waals surface area contributed by atoms with E-state index in [-0.39, 0.29) is 18.4 Å². The van der Waals surface area contributed by atoms with Crippen LogP contribution < -0.4 is 10.6 Å². The number of allylic oxidation sites excluding steroid dienone is 1. The first-order valence-corrected chi connectivity index (χ1v) is 20.2. The van der Waals surface area contributed by atoms with Crippen molar-refractivity contribution in [1.29, 1.82) is 0 Å². The zero-order chi connectivity index (χ0) is 38.2. The summed E-state index contributed by atoms with van der Waals surface area (Å²) in [7, 11) is 0. The number of amidine groups is 1. The average molecular weight is 746 g/mol. The van der Waals surface area contributed by atoms with E-state index in [1.807, 2.05) is 0 Å². The molecule has 1 aliphatic carbocycles. The van der Waals surface area contributed by atoms with E-state index in [0.717, 1.165) is 34.6 Å². The standard InChI is InChI=1S/C53H39N5/c1-2-14-35(15-3-1)51-54-52(56-53(55-51)40-26-25-34-13-4-5-16-37(34)31-40)36-27-29-41(30-28-36)57-49-33-39-18-7-6-17-38(39)32-45(49)44-21-12-24-48(50(44)57)58-46-22-10-8-19-42(46)43-20-9-11-23-47(43)58/h1-23,25-33,48,51-52,54H,24H2,(H,55,56). The molecule has 0 saturated carbocycles. The number of nitrogens with zero attached hydrogens (tertiary/aromatic N) is 3. The van der Waals surface area contributed by atoms with E-state index in [4.69, 9.17) is 4.99 Å². The number of benzene rings is 8. The van der Waals surface area contributed by atoms with Crippen LogP contribution >= 0.6 is 0 Å². The smallest absolute Gasteiger partial charge is 0.131 e. The molecule has 276 valence electrons. The molecule has 0 radical (unpaired) electrons. The molecule has 3 atom stereocenters. The van der Waals surface area contributed by atoms with Crippen molar-refractivity contribution in [2.24, 2.45) is 4.99 Å². The summed E-state index contributed by atoms with van der Waals surface area (Å²) in [6.07, 6.45) is 5.26. The monoisotopic (exact) mass is 745 g/mol. The van der Waals surface area contributed by atoms with Crippen LogP contribution in [-0.2, 0) is 0 Å². The normalized spacial score (nSPS) is 17.9. The Labute approximate surface area is 336 Å². The van der Waals surface area contributed by atoms with Crippen molar-refractivity contribution in [2.45, 2.75) is 24.8 Å². The highest BCUT2D eigenvalue weighted by Gasteiger charge is 2.31. The largest absolute Gasteiger partial charge is 0.350 e. The Balaban J connectivity index is 1.00. The zero-order valence-corrected chi connectivity index (χ0v) is 31.8. The molecule has 3 unspecified atom stereocenters. The van der Waals surface area contributed by atoms with E-state index in [9.17, 15) is 0 Å². The summed E-state index contributed by atoms with van der Waals surface area (Å²) in [6, 6.07) is 66.1. The van der Waals surface area contributed by atoms with Crippen molar-refractivity contribution in [3.8, 4) is 5.69 Å². The molecule has 10 aromatic rings. The van der Waals surface area contributed by atoms with Crippen molar-refractivity contribution in [1.82, 2.24) is 19.8 Å². The van der Waals surface area contributed by atoms with Crippen molar-refractivity contribution in [2.75, 3.05) is 0 Å². The van der Waals surface area contributed by atoms with Gasteiger partial charge < -0.3 is 14.5 Å². The molecule has 0 bridgehead atoms. The Bertz CT molecular complexity index is 3220. The summed E-state index contributed by atoms with van der Waals surface area (Å²) in [5, 5.41) is 16.4. The third kappa shape index (κ3) is 5.24. The maximum absolute atomic E-state index is 5.23. The van der Waals surface area contributed by atoms with Crippen molar-refractivity contribution in [3.05, 3.63) is 216 Å². The summed E-state index contributed by atoms with van der Waals surface area (Å²) < 4.78 is 5.12. The summed E-state index contributed by atoms with van der Waals surface area (Å²) in [4.78, 5) is 5.23. The minimum atomic E-state index is -0.207. The summed E-state index contributed by atoms with van der Waals surface area (Å²) in [5.41, 5.74) is 10.8. The molecule has 58 heavy (non-hydrogen) atoms. The quantitative estimate of drug-likeness (QED) is 0.184. The predicted octanol–water partition coefficient (Wildman–Crippen LogP) is 12.4. The van der Waals surface area contributed by atoms with Crippen LogP contribution in [0.3, 0.4) is 0 Å². The Kier molecular flexibility index (Phi) is 7.50. The molecule has 8 aromatic carbocycles. The average Bonchev–Trinajstić information content (AvgIpc) is 3.81. The van der Waals surface area contributed by atoms with E-state index < -0.39 is 0 Å². The molecule has 0 fully saturated rings. The first-order chi connectivity index (χ1) is 28.7. The number of fused-ring (bicyclic) bond motifs is 8. The second-order valence-electron chi connectivity index (χ2n) is 15.6. The van der Waals surface area contributed by atoms with Crippen LogP contribution in [0.25, 0.3) is 66.0 Å². The minimum absolute atomic E-state index is 0.0917. The van der Waals surface area contributed by atoms with Crippen LogP contribution in [-0.4, -0.2) is 15.0 Å². The van der Waals surface area contributed by atoms with Gasteiger partial charge in [-0.15, -0.1) is 0 Å². The maximum atomic E-state index is 5.23. The van der Waals surface area contributed by atoms with Crippen LogP contribution in [0.4, 0.5) is 0 Å². The van der Waals surface area contributed by atoms with E-state index >= 15 is 0 Å². The lowest BCUT2D eigenvalue weighted by molar-refractivity contribution is 0.409. The zero-order valence-electron chi connectivity index (χ0n) is 31.8. The fourth-order valence-electron chi connectivity index (χ4n) is 9.58. The second-order valence-corrected chi connectivity index (χ2v) is 15.6. The molecule has 0 saturated heterocycles. The van der Waals surface area contributed by atoms with Crippen LogP contribution in [0.1, 0.15) is 52.7 Å². The van der Waals surface area contributed by atoms with E-state index in [0.29, 0.717) is 0 Å². The van der Waals surface area contributed by atoms with Gasteiger partial charge in [0.05, 0.1) is 17.3 Å². The van der Waals surface area contributed by atoms with Crippen molar-refractivity contribution < 1.29 is 0 Å². The van der Waals surface area contributed by atoms with E-state index in [1.165, 1.54) is 65.5 Å². The van der Waals surface area contributed by atoms with E-state index in [1.54, 1.807) is 0 Å². The number of hydrogen-bond donors (Lipinski definition) is 2. The van der Waals surface area contributed by atoms with Gasteiger partial charge >= 0.3 is 0 Å². The number of nitrogens with one attached hydrogen (secondary N) is 2. The highest BCUT2D eigenvalue weighted by atomic mass is 15.3. The van der Waals surface area contributed by atoms with Gasteiger partial charge in [-0.3, -0.25) is 5.32 Å². The lowest BCUT2D eigenvalue weighted by atomic mass is 9.96. The lowest BCUT2D eigenvalue weighted by Gasteiger charge is -2.32. The molecule has 3 heterocycles. The summed E-state index contributed by atoms with van der Waals surface area (Å²) >= 11 is 0. The molecule has 0 spiro atoms. The van der Waals surface area contributed by atoms with Crippen LogP contribution in [0.15, 0.2) is 193 Å². The summed E-state index contributed by atoms with van der Waals surface area (Å²) in [5.74, 6) is 0.880. The molecular formula is C53H39N5. The number of rotatable bonds is 5. The molecule has 1 aliphatic heterocycles. The lowest BCUT2D eigenvalue weighted by Crippen LogP contribution is -2.44. The Morgan fingerprint density at radius 2 is 1.16 bits per heavy atom. The van der Waals surface area contributed by atoms with Crippen LogP contribution in [0.2, 0.25) is 0 Å². The molecule has 12 rings (SSSR count). The Morgan fingerprint density at radius 1 is 0.517 bits per heavy atom. The fourth-order valence-corrected chi connectivity index (χ4v) is 9.58. The molecule has 2 aliphatic rings. The van der Waals surface area contributed by atoms with Gasteiger partial charge in [0.15, 0.2) is 0 Å². The van der Waals surface area contributed by atoms with Gasteiger partial charge in [0, 0.05) is 44.0 Å². The van der Waals surface area contributed by atoms with Gasteiger partial charge in [0.25, 0.3) is 0 Å². The van der Waals surface area contributed by atoms with Gasteiger partial charge in [-0.05, 0) is 81.6 Å². The summed E-state index contributed by atoms with van der Waals surface area (Å²) in [6.45, 7) is 0. The molecule has 5 nitrogen and oxygen atoms in total.